The van der Waals surface area contributed by atoms with E-state index in [1.807, 2.05) is 25.3 Å². The Morgan fingerprint density at radius 1 is 1.04 bits per heavy atom. The predicted molar refractivity (Wildman–Crippen MR) is 92.6 cm³/mol. The zero-order valence-electron chi connectivity index (χ0n) is 13.8. The number of aryl methyl sites for hydroxylation is 1. The Balaban J connectivity index is 1.39. The number of pyridine rings is 1. The molecule has 1 aromatic carbocycles. The summed E-state index contributed by atoms with van der Waals surface area (Å²) in [6, 6.07) is 13.2. The molecule has 1 aliphatic heterocycles. The number of imide groups is 1. The lowest BCUT2D eigenvalue weighted by Gasteiger charge is -2.13. The molecule has 1 saturated carbocycles. The molecule has 0 bridgehead atoms. The zero-order chi connectivity index (χ0) is 17.1. The summed E-state index contributed by atoms with van der Waals surface area (Å²) < 4.78 is 2.13. The van der Waals surface area contributed by atoms with Gasteiger partial charge in [0.1, 0.15) is 5.65 Å². The summed E-state index contributed by atoms with van der Waals surface area (Å²) in [6.07, 6.45) is 3.03. The fourth-order valence-corrected chi connectivity index (χ4v) is 3.91. The van der Waals surface area contributed by atoms with Crippen molar-refractivity contribution >= 4 is 17.5 Å². The van der Waals surface area contributed by atoms with Crippen LogP contribution in [0.15, 0.2) is 48.7 Å². The molecule has 1 fully saturated rings. The van der Waals surface area contributed by atoms with Gasteiger partial charge in [-0.25, -0.2) is 4.98 Å². The number of hydrogen-bond donors (Lipinski definition) is 0. The molecule has 5 heteroatoms. The summed E-state index contributed by atoms with van der Waals surface area (Å²) in [7, 11) is 0. The van der Waals surface area contributed by atoms with Crippen molar-refractivity contribution in [2.45, 2.75) is 19.3 Å². The van der Waals surface area contributed by atoms with E-state index in [1.54, 1.807) is 24.3 Å². The van der Waals surface area contributed by atoms with Crippen molar-refractivity contribution in [1.82, 2.24) is 14.3 Å². The molecule has 0 spiro atoms. The lowest BCUT2D eigenvalue weighted by molar-refractivity contribution is 0.0646. The molecule has 0 saturated heterocycles. The maximum Gasteiger partial charge on any atom is 0.261 e. The lowest BCUT2D eigenvalue weighted by Crippen LogP contribution is -2.32. The minimum Gasteiger partial charge on any atom is -0.304 e. The maximum atomic E-state index is 12.5. The van der Waals surface area contributed by atoms with Crippen molar-refractivity contribution in [3.8, 4) is 0 Å². The fourth-order valence-electron chi connectivity index (χ4n) is 3.91. The van der Waals surface area contributed by atoms with E-state index in [0.29, 0.717) is 29.5 Å². The summed E-state index contributed by atoms with van der Waals surface area (Å²) >= 11 is 0. The summed E-state index contributed by atoms with van der Waals surface area (Å²) in [5.41, 5.74) is 4.19. The number of amides is 2. The van der Waals surface area contributed by atoms with Gasteiger partial charge in [0.15, 0.2) is 0 Å². The average molecular weight is 331 g/mol. The molecule has 124 valence electrons. The van der Waals surface area contributed by atoms with E-state index in [4.69, 9.17) is 0 Å². The minimum atomic E-state index is -0.164. The van der Waals surface area contributed by atoms with Crippen LogP contribution in [0.2, 0.25) is 0 Å². The second kappa shape index (κ2) is 5.02. The lowest BCUT2D eigenvalue weighted by atomic mass is 10.1. The van der Waals surface area contributed by atoms with Gasteiger partial charge in [-0.15, -0.1) is 0 Å². The molecular formula is C20H17N3O2. The van der Waals surface area contributed by atoms with Gasteiger partial charge in [0.05, 0.1) is 16.8 Å². The van der Waals surface area contributed by atoms with Gasteiger partial charge in [-0.2, -0.15) is 0 Å². The first kappa shape index (κ1) is 14.4. The van der Waals surface area contributed by atoms with Gasteiger partial charge in [0.2, 0.25) is 0 Å². The number of rotatable bonds is 3. The predicted octanol–water partition coefficient (Wildman–Crippen LogP) is 3.04. The SMILES string of the molecule is Cc1cn2c(C3CC3CN3C(=O)c4ccccc4C3=O)cccc2n1. The standard InChI is InChI=1S/C20H17N3O2/c1-12-10-22-17(7-4-8-18(22)21-12)16-9-13(16)11-23-19(24)14-5-2-3-6-15(14)20(23)25/h2-8,10,13,16H,9,11H2,1H3. The molecule has 2 aromatic heterocycles. The molecule has 0 radical (unpaired) electrons. The Morgan fingerprint density at radius 3 is 2.48 bits per heavy atom. The third-order valence-electron chi connectivity index (χ3n) is 5.24. The molecule has 1 aliphatic carbocycles. The van der Waals surface area contributed by atoms with Crippen LogP contribution in [0.25, 0.3) is 5.65 Å². The van der Waals surface area contributed by atoms with Gasteiger partial charge in [-0.3, -0.25) is 14.5 Å². The van der Waals surface area contributed by atoms with Crippen LogP contribution in [0.4, 0.5) is 0 Å². The summed E-state index contributed by atoms with van der Waals surface area (Å²) in [5.74, 6) is 0.350. The molecular weight excluding hydrogens is 314 g/mol. The molecule has 5 nitrogen and oxygen atoms in total. The topological polar surface area (TPSA) is 54.7 Å². The molecule has 0 N–H and O–H groups in total. The first-order valence-electron chi connectivity index (χ1n) is 8.53. The van der Waals surface area contributed by atoms with Crippen molar-refractivity contribution in [2.75, 3.05) is 6.54 Å². The van der Waals surface area contributed by atoms with E-state index >= 15 is 0 Å². The van der Waals surface area contributed by atoms with E-state index in [1.165, 1.54) is 10.6 Å². The molecule has 2 aliphatic rings. The first-order valence-corrected chi connectivity index (χ1v) is 8.53. The van der Waals surface area contributed by atoms with Crippen molar-refractivity contribution in [3.63, 3.8) is 0 Å². The van der Waals surface area contributed by atoms with Crippen LogP contribution >= 0.6 is 0 Å². The number of imidazole rings is 1. The summed E-state index contributed by atoms with van der Waals surface area (Å²) in [5, 5.41) is 0. The van der Waals surface area contributed by atoms with E-state index < -0.39 is 0 Å². The maximum absolute atomic E-state index is 12.5. The van der Waals surface area contributed by atoms with Crippen molar-refractivity contribution in [1.29, 1.82) is 0 Å². The van der Waals surface area contributed by atoms with Crippen molar-refractivity contribution < 1.29 is 9.59 Å². The Kier molecular flexibility index (Phi) is 2.89. The number of benzene rings is 1. The highest BCUT2D eigenvalue weighted by Gasteiger charge is 2.45. The third kappa shape index (κ3) is 2.12. The second-order valence-electron chi connectivity index (χ2n) is 6.93. The minimum absolute atomic E-state index is 0.164. The molecule has 2 atom stereocenters. The van der Waals surface area contributed by atoms with Gasteiger partial charge in [-0.1, -0.05) is 18.2 Å². The van der Waals surface area contributed by atoms with Crippen LogP contribution in [0.5, 0.6) is 0 Å². The summed E-state index contributed by atoms with van der Waals surface area (Å²) in [6.45, 7) is 2.47. The van der Waals surface area contributed by atoms with Crippen LogP contribution in [-0.2, 0) is 0 Å². The van der Waals surface area contributed by atoms with Gasteiger partial charge in [0.25, 0.3) is 11.8 Å². The number of nitrogens with zero attached hydrogens (tertiary/aromatic N) is 3. The zero-order valence-corrected chi connectivity index (χ0v) is 13.8. The van der Waals surface area contributed by atoms with Crippen LogP contribution < -0.4 is 0 Å². The van der Waals surface area contributed by atoms with E-state index in [0.717, 1.165) is 17.8 Å². The van der Waals surface area contributed by atoms with Crippen molar-refractivity contribution in [2.24, 2.45) is 5.92 Å². The van der Waals surface area contributed by atoms with Gasteiger partial charge < -0.3 is 4.40 Å². The quantitative estimate of drug-likeness (QED) is 0.693. The van der Waals surface area contributed by atoms with E-state index in [2.05, 4.69) is 15.5 Å². The number of carbonyl (C=O) groups is 2. The van der Waals surface area contributed by atoms with Gasteiger partial charge >= 0.3 is 0 Å². The van der Waals surface area contributed by atoms with Crippen LogP contribution in [0.1, 0.15) is 44.4 Å². The Hall–Kier alpha value is -2.95. The number of fused-ring (bicyclic) bond motifs is 2. The number of hydrogen-bond acceptors (Lipinski definition) is 3. The second-order valence-corrected chi connectivity index (χ2v) is 6.93. The van der Waals surface area contributed by atoms with Crippen LogP contribution in [0, 0.1) is 12.8 Å². The normalized spacial score (nSPS) is 21.9. The molecule has 3 heterocycles. The molecule has 5 rings (SSSR count). The number of carbonyl (C=O) groups excluding carboxylic acids is 2. The Labute approximate surface area is 144 Å². The van der Waals surface area contributed by atoms with E-state index in [-0.39, 0.29) is 11.8 Å². The van der Waals surface area contributed by atoms with Crippen LogP contribution in [-0.4, -0.2) is 32.6 Å². The largest absolute Gasteiger partial charge is 0.304 e. The molecule has 2 amide bonds. The molecule has 2 unspecified atom stereocenters. The first-order chi connectivity index (χ1) is 12.1. The highest BCUT2D eigenvalue weighted by Crippen LogP contribution is 2.48. The fraction of sp³-hybridized carbons (Fsp3) is 0.250. The molecule has 3 aromatic rings. The average Bonchev–Trinajstić information content (AvgIpc) is 3.21. The van der Waals surface area contributed by atoms with Gasteiger partial charge in [0, 0.05) is 24.4 Å². The monoisotopic (exact) mass is 331 g/mol. The number of aromatic nitrogens is 2. The summed E-state index contributed by atoms with van der Waals surface area (Å²) in [4.78, 5) is 31.0. The Bertz CT molecular complexity index is 1000. The Morgan fingerprint density at radius 2 is 1.76 bits per heavy atom. The van der Waals surface area contributed by atoms with Crippen molar-refractivity contribution in [3.05, 3.63) is 71.2 Å². The third-order valence-corrected chi connectivity index (χ3v) is 5.24. The van der Waals surface area contributed by atoms with Crippen LogP contribution in [0.3, 0.4) is 0 Å². The highest BCUT2D eigenvalue weighted by molar-refractivity contribution is 6.21. The van der Waals surface area contributed by atoms with Gasteiger partial charge in [-0.05, 0) is 43.5 Å². The smallest absolute Gasteiger partial charge is 0.261 e. The molecule has 25 heavy (non-hydrogen) atoms. The highest BCUT2D eigenvalue weighted by atomic mass is 16.2. The van der Waals surface area contributed by atoms with E-state index in [9.17, 15) is 9.59 Å².